The summed E-state index contributed by atoms with van der Waals surface area (Å²) in [6, 6.07) is 7.93. The molecule has 0 fully saturated rings. The SMILES string of the molecule is Br.Br.CCO.c1cc(-c2ccncc2)ccn1. The number of nitrogens with zero attached hydrogens (tertiary/aromatic N) is 2. The first-order valence-corrected chi connectivity index (χ1v) is 4.79. The third kappa shape index (κ3) is 7.20. The van der Waals surface area contributed by atoms with Crippen molar-refractivity contribution < 1.29 is 5.11 Å². The monoisotopic (exact) mass is 362 g/mol. The van der Waals surface area contributed by atoms with Gasteiger partial charge in [-0.05, 0) is 42.3 Å². The molecule has 0 radical (unpaired) electrons. The fourth-order valence-electron chi connectivity index (χ4n) is 1.09. The molecule has 0 saturated carbocycles. The first-order chi connectivity index (χ1) is 7.38. The number of rotatable bonds is 1. The van der Waals surface area contributed by atoms with E-state index < -0.39 is 0 Å². The third-order valence-electron chi connectivity index (χ3n) is 1.69. The van der Waals surface area contributed by atoms with Crippen LogP contribution >= 0.6 is 34.0 Å². The number of pyridine rings is 2. The van der Waals surface area contributed by atoms with Crippen molar-refractivity contribution in [3.63, 3.8) is 0 Å². The van der Waals surface area contributed by atoms with Crippen LogP contribution in [0.5, 0.6) is 0 Å². The summed E-state index contributed by atoms with van der Waals surface area (Å²) in [6.07, 6.45) is 7.15. The smallest absolute Gasteiger partial charge is 0.0402 e. The number of hydrogen-bond donors (Lipinski definition) is 1. The molecule has 3 nitrogen and oxygen atoms in total. The van der Waals surface area contributed by atoms with E-state index in [1.807, 2.05) is 24.3 Å². The van der Waals surface area contributed by atoms with E-state index in [4.69, 9.17) is 5.11 Å². The van der Waals surface area contributed by atoms with Crippen LogP contribution < -0.4 is 0 Å². The lowest BCUT2D eigenvalue weighted by molar-refractivity contribution is 0.318. The van der Waals surface area contributed by atoms with Crippen molar-refractivity contribution >= 4 is 34.0 Å². The van der Waals surface area contributed by atoms with E-state index >= 15 is 0 Å². The Bertz CT molecular complexity index is 333. The highest BCUT2D eigenvalue weighted by Gasteiger charge is 1.92. The first kappa shape index (κ1) is 18.6. The van der Waals surface area contributed by atoms with Gasteiger partial charge in [-0.2, -0.15) is 0 Å². The Morgan fingerprint density at radius 1 is 0.824 bits per heavy atom. The number of halogens is 2. The summed E-state index contributed by atoms with van der Waals surface area (Å²) >= 11 is 0. The maximum absolute atomic E-state index is 7.57. The Labute approximate surface area is 122 Å². The Morgan fingerprint density at radius 2 is 1.06 bits per heavy atom. The van der Waals surface area contributed by atoms with Gasteiger partial charge in [-0.1, -0.05) is 0 Å². The van der Waals surface area contributed by atoms with Gasteiger partial charge in [0.05, 0.1) is 0 Å². The lowest BCUT2D eigenvalue weighted by Crippen LogP contribution is -1.77. The zero-order chi connectivity index (χ0) is 10.9. The second-order valence-corrected chi connectivity index (χ2v) is 2.79. The number of aliphatic hydroxyl groups is 1. The maximum atomic E-state index is 7.57. The van der Waals surface area contributed by atoms with Crippen molar-refractivity contribution in [1.29, 1.82) is 0 Å². The quantitative estimate of drug-likeness (QED) is 0.845. The molecule has 5 heteroatoms. The largest absolute Gasteiger partial charge is 0.397 e. The van der Waals surface area contributed by atoms with Crippen LogP contribution in [0, 0.1) is 0 Å². The summed E-state index contributed by atoms with van der Waals surface area (Å²) in [5.41, 5.74) is 2.35. The molecule has 0 aromatic carbocycles. The fraction of sp³-hybridized carbons (Fsp3) is 0.167. The molecule has 2 aromatic rings. The molecule has 0 atom stereocenters. The first-order valence-electron chi connectivity index (χ1n) is 4.79. The second-order valence-electron chi connectivity index (χ2n) is 2.79. The van der Waals surface area contributed by atoms with E-state index in [2.05, 4.69) is 9.97 Å². The maximum Gasteiger partial charge on any atom is 0.0402 e. The molecule has 17 heavy (non-hydrogen) atoms. The zero-order valence-corrected chi connectivity index (χ0v) is 12.9. The highest BCUT2D eigenvalue weighted by Crippen LogP contribution is 2.15. The lowest BCUT2D eigenvalue weighted by atomic mass is 10.1. The predicted molar refractivity (Wildman–Crippen MR) is 80.9 cm³/mol. The molecule has 0 amide bonds. The van der Waals surface area contributed by atoms with Crippen LogP contribution in [-0.2, 0) is 0 Å². The molecule has 0 aliphatic carbocycles. The van der Waals surface area contributed by atoms with Gasteiger partial charge in [-0.3, -0.25) is 9.97 Å². The molecule has 0 bridgehead atoms. The minimum Gasteiger partial charge on any atom is -0.397 e. The van der Waals surface area contributed by atoms with Crippen LogP contribution in [0.25, 0.3) is 11.1 Å². The Kier molecular flexibility index (Phi) is 12.8. The van der Waals surface area contributed by atoms with E-state index in [1.54, 1.807) is 31.7 Å². The van der Waals surface area contributed by atoms with Gasteiger partial charge in [0.15, 0.2) is 0 Å². The topological polar surface area (TPSA) is 46.0 Å². The van der Waals surface area contributed by atoms with Gasteiger partial charge in [0, 0.05) is 31.4 Å². The summed E-state index contributed by atoms with van der Waals surface area (Å²) in [5, 5.41) is 7.57. The fourth-order valence-corrected chi connectivity index (χ4v) is 1.09. The molecule has 2 aromatic heterocycles. The summed E-state index contributed by atoms with van der Waals surface area (Å²) in [4.78, 5) is 7.91. The van der Waals surface area contributed by atoms with Crippen molar-refractivity contribution in [2.75, 3.05) is 6.61 Å². The number of aromatic nitrogens is 2. The molecule has 0 saturated heterocycles. The van der Waals surface area contributed by atoms with Crippen molar-refractivity contribution in [3.8, 4) is 11.1 Å². The van der Waals surface area contributed by atoms with Crippen LogP contribution in [0.4, 0.5) is 0 Å². The van der Waals surface area contributed by atoms with E-state index in [0.29, 0.717) is 0 Å². The third-order valence-corrected chi connectivity index (χ3v) is 1.69. The molecule has 2 heterocycles. The highest BCUT2D eigenvalue weighted by molar-refractivity contribution is 8.93. The summed E-state index contributed by atoms with van der Waals surface area (Å²) in [6.45, 7) is 1.93. The molecule has 1 N–H and O–H groups in total. The average Bonchev–Trinajstić information content (AvgIpc) is 2.32. The van der Waals surface area contributed by atoms with Gasteiger partial charge in [0.25, 0.3) is 0 Å². The van der Waals surface area contributed by atoms with Gasteiger partial charge in [-0.25, -0.2) is 0 Å². The van der Waals surface area contributed by atoms with Gasteiger partial charge in [0.1, 0.15) is 0 Å². The molecule has 0 unspecified atom stereocenters. The highest BCUT2D eigenvalue weighted by atomic mass is 79.9. The van der Waals surface area contributed by atoms with E-state index in [9.17, 15) is 0 Å². The van der Waals surface area contributed by atoms with E-state index in [0.717, 1.165) is 0 Å². The van der Waals surface area contributed by atoms with E-state index in [1.165, 1.54) is 11.1 Å². The standard InChI is InChI=1S/C10H8N2.C2H6O.2BrH/c1-5-11-6-2-9(1)10-3-7-12-8-4-10;1-2-3;;/h1-8H;3H,2H2,1H3;2*1H. The van der Waals surface area contributed by atoms with Gasteiger partial charge < -0.3 is 5.11 Å². The molecule has 94 valence electrons. The molecular formula is C12H16Br2N2O. The second kappa shape index (κ2) is 11.7. The summed E-state index contributed by atoms with van der Waals surface area (Å²) in [5.74, 6) is 0. The van der Waals surface area contributed by atoms with Crippen molar-refractivity contribution in [2.45, 2.75) is 6.92 Å². The summed E-state index contributed by atoms with van der Waals surface area (Å²) in [7, 11) is 0. The lowest BCUT2D eigenvalue weighted by Gasteiger charge is -1.97. The number of aliphatic hydroxyl groups excluding tert-OH is 1. The van der Waals surface area contributed by atoms with Crippen LogP contribution in [0.15, 0.2) is 49.1 Å². The Morgan fingerprint density at radius 3 is 1.29 bits per heavy atom. The van der Waals surface area contributed by atoms with Crippen LogP contribution in [0.1, 0.15) is 6.92 Å². The van der Waals surface area contributed by atoms with Gasteiger partial charge in [0.2, 0.25) is 0 Å². The average molecular weight is 364 g/mol. The van der Waals surface area contributed by atoms with Gasteiger partial charge >= 0.3 is 0 Å². The van der Waals surface area contributed by atoms with Crippen molar-refractivity contribution in [1.82, 2.24) is 9.97 Å². The van der Waals surface area contributed by atoms with Crippen LogP contribution in [-0.4, -0.2) is 21.7 Å². The normalized spacial score (nSPS) is 7.88. The van der Waals surface area contributed by atoms with Crippen molar-refractivity contribution in [3.05, 3.63) is 49.1 Å². The molecule has 0 aliphatic rings. The predicted octanol–water partition coefficient (Wildman–Crippen LogP) is 3.30. The van der Waals surface area contributed by atoms with Crippen LogP contribution in [0.3, 0.4) is 0 Å². The molecule has 2 rings (SSSR count). The molecule has 0 aliphatic heterocycles. The zero-order valence-electron chi connectivity index (χ0n) is 9.48. The summed E-state index contributed by atoms with van der Waals surface area (Å²) < 4.78 is 0. The van der Waals surface area contributed by atoms with Crippen molar-refractivity contribution in [2.24, 2.45) is 0 Å². The minimum atomic E-state index is 0. The van der Waals surface area contributed by atoms with Crippen LogP contribution in [0.2, 0.25) is 0 Å². The van der Waals surface area contributed by atoms with Gasteiger partial charge in [-0.15, -0.1) is 34.0 Å². The Balaban J connectivity index is 0. The molecule has 0 spiro atoms. The minimum absolute atomic E-state index is 0. The Hall–Kier alpha value is -0.780. The molecular weight excluding hydrogens is 348 g/mol. The van der Waals surface area contributed by atoms with E-state index in [-0.39, 0.29) is 40.6 Å². The number of hydrogen-bond acceptors (Lipinski definition) is 3.